The van der Waals surface area contributed by atoms with E-state index in [1.54, 1.807) is 6.92 Å². The molecule has 2 aliphatic rings. The highest BCUT2D eigenvalue weighted by atomic mass is 16.5. The van der Waals surface area contributed by atoms with E-state index in [2.05, 4.69) is 0 Å². The average Bonchev–Trinajstić information content (AvgIpc) is 2.11. The van der Waals surface area contributed by atoms with Crippen molar-refractivity contribution in [1.82, 2.24) is 0 Å². The lowest BCUT2D eigenvalue weighted by atomic mass is 9.70. The Morgan fingerprint density at radius 3 is 3.00 bits per heavy atom. The highest BCUT2D eigenvalue weighted by molar-refractivity contribution is 5.80. The largest absolute Gasteiger partial charge is 0.377 e. The van der Waals surface area contributed by atoms with Crippen LogP contribution in [0.2, 0.25) is 0 Å². The van der Waals surface area contributed by atoms with E-state index in [4.69, 9.17) is 4.74 Å². The van der Waals surface area contributed by atoms with Crippen molar-refractivity contribution >= 4 is 5.78 Å². The van der Waals surface area contributed by atoms with E-state index >= 15 is 0 Å². The Kier molecular flexibility index (Phi) is 1.31. The van der Waals surface area contributed by atoms with Gasteiger partial charge in [-0.05, 0) is 25.7 Å². The Morgan fingerprint density at radius 2 is 2.40 bits per heavy atom. The van der Waals surface area contributed by atoms with Crippen LogP contribution in [0.25, 0.3) is 0 Å². The van der Waals surface area contributed by atoms with Crippen LogP contribution in [0.5, 0.6) is 0 Å². The normalized spacial score (nSPS) is 44.3. The molecule has 0 spiro atoms. The summed E-state index contributed by atoms with van der Waals surface area (Å²) in [6.07, 6.45) is 2.56. The smallest absolute Gasteiger partial charge is 0.135 e. The van der Waals surface area contributed by atoms with E-state index in [9.17, 15) is 4.79 Å². The van der Waals surface area contributed by atoms with Gasteiger partial charge in [0.15, 0.2) is 0 Å². The molecule has 2 heteroatoms. The summed E-state index contributed by atoms with van der Waals surface area (Å²) < 4.78 is 5.40. The molecule has 1 aliphatic carbocycles. The van der Waals surface area contributed by atoms with Crippen LogP contribution in [0.3, 0.4) is 0 Å². The molecule has 2 fully saturated rings. The van der Waals surface area contributed by atoms with Gasteiger partial charge in [0.1, 0.15) is 5.78 Å². The molecule has 1 saturated carbocycles. The second-order valence-electron chi connectivity index (χ2n) is 3.34. The molecule has 0 N–H and O–H groups in total. The first-order valence-corrected chi connectivity index (χ1v) is 3.91. The topological polar surface area (TPSA) is 26.3 Å². The van der Waals surface area contributed by atoms with E-state index in [1.165, 1.54) is 6.42 Å². The van der Waals surface area contributed by atoms with Gasteiger partial charge in [-0.15, -0.1) is 0 Å². The molecule has 2 nitrogen and oxygen atoms in total. The fourth-order valence-corrected chi connectivity index (χ4v) is 2.01. The minimum atomic E-state index is 0.243. The van der Waals surface area contributed by atoms with Crippen molar-refractivity contribution in [3.05, 3.63) is 0 Å². The lowest BCUT2D eigenvalue weighted by molar-refractivity contribution is -0.133. The summed E-state index contributed by atoms with van der Waals surface area (Å²) in [5.74, 6) is 1.27. The number of fused-ring (bicyclic) bond motifs is 1. The zero-order chi connectivity index (χ0) is 7.14. The van der Waals surface area contributed by atoms with E-state index in [1.807, 2.05) is 0 Å². The summed E-state index contributed by atoms with van der Waals surface area (Å²) in [5.41, 5.74) is 0. The maximum atomic E-state index is 10.9. The van der Waals surface area contributed by atoms with Crippen LogP contribution in [0.15, 0.2) is 0 Å². The zero-order valence-electron chi connectivity index (χ0n) is 6.17. The zero-order valence-corrected chi connectivity index (χ0v) is 6.17. The summed E-state index contributed by atoms with van der Waals surface area (Å²) in [4.78, 5) is 10.9. The van der Waals surface area contributed by atoms with Crippen molar-refractivity contribution < 1.29 is 9.53 Å². The number of ether oxygens (including phenoxy) is 1. The van der Waals surface area contributed by atoms with Gasteiger partial charge in [0.2, 0.25) is 0 Å². The highest BCUT2D eigenvalue weighted by Gasteiger charge is 2.47. The third-order valence-electron chi connectivity index (χ3n) is 2.74. The predicted molar refractivity (Wildman–Crippen MR) is 36.6 cm³/mol. The third kappa shape index (κ3) is 0.717. The number of ketones is 1. The molecule has 1 aliphatic heterocycles. The van der Waals surface area contributed by atoms with Crippen LogP contribution in [-0.2, 0) is 9.53 Å². The van der Waals surface area contributed by atoms with Crippen LogP contribution < -0.4 is 0 Å². The second-order valence-corrected chi connectivity index (χ2v) is 3.34. The number of hydrogen-bond acceptors (Lipinski definition) is 2. The Bertz CT molecular complexity index is 165. The third-order valence-corrected chi connectivity index (χ3v) is 2.74. The molecule has 3 atom stereocenters. The summed E-state index contributed by atoms with van der Waals surface area (Å²) in [6.45, 7) is 2.54. The average molecular weight is 140 g/mol. The van der Waals surface area contributed by atoms with Crippen LogP contribution in [0, 0.1) is 11.8 Å². The van der Waals surface area contributed by atoms with Crippen molar-refractivity contribution in [1.29, 1.82) is 0 Å². The summed E-state index contributed by atoms with van der Waals surface area (Å²) >= 11 is 0. The first-order chi connectivity index (χ1) is 4.79. The Labute approximate surface area is 60.6 Å². The Morgan fingerprint density at radius 1 is 1.60 bits per heavy atom. The van der Waals surface area contributed by atoms with Crippen LogP contribution in [0.1, 0.15) is 19.8 Å². The minimum absolute atomic E-state index is 0.243. The molecule has 0 amide bonds. The Balaban J connectivity index is 2.00. The van der Waals surface area contributed by atoms with Crippen LogP contribution in [-0.4, -0.2) is 18.5 Å². The highest BCUT2D eigenvalue weighted by Crippen LogP contribution is 2.43. The van der Waals surface area contributed by atoms with Gasteiger partial charge in [-0.1, -0.05) is 0 Å². The fourth-order valence-electron chi connectivity index (χ4n) is 2.01. The van der Waals surface area contributed by atoms with Gasteiger partial charge < -0.3 is 4.74 Å². The van der Waals surface area contributed by atoms with Gasteiger partial charge >= 0.3 is 0 Å². The summed E-state index contributed by atoms with van der Waals surface area (Å²) in [6, 6.07) is 0. The maximum Gasteiger partial charge on any atom is 0.135 e. The molecule has 1 saturated heterocycles. The van der Waals surface area contributed by atoms with Gasteiger partial charge in [-0.25, -0.2) is 0 Å². The van der Waals surface area contributed by atoms with Crippen molar-refractivity contribution in [2.75, 3.05) is 6.61 Å². The van der Waals surface area contributed by atoms with Gasteiger partial charge in [-0.2, -0.15) is 0 Å². The molecule has 10 heavy (non-hydrogen) atoms. The van der Waals surface area contributed by atoms with Gasteiger partial charge in [-0.3, -0.25) is 4.79 Å². The maximum absolute atomic E-state index is 10.9. The van der Waals surface area contributed by atoms with Crippen molar-refractivity contribution in [3.8, 4) is 0 Å². The summed E-state index contributed by atoms with van der Waals surface area (Å²) in [5, 5.41) is 0. The first kappa shape index (κ1) is 6.35. The monoisotopic (exact) mass is 140 g/mol. The van der Waals surface area contributed by atoms with Crippen molar-refractivity contribution in [3.63, 3.8) is 0 Å². The molecule has 2 rings (SSSR count). The Hall–Kier alpha value is -0.370. The molecule has 0 aromatic heterocycles. The number of Topliss-reactive ketones (excluding diaryl/α,β-unsaturated/α-hetero) is 1. The molecule has 1 heterocycles. The quantitative estimate of drug-likeness (QED) is 0.543. The van der Waals surface area contributed by atoms with E-state index in [-0.39, 0.29) is 5.92 Å². The van der Waals surface area contributed by atoms with Gasteiger partial charge in [0, 0.05) is 12.5 Å². The van der Waals surface area contributed by atoms with Crippen molar-refractivity contribution in [2.45, 2.75) is 25.9 Å². The molecule has 56 valence electrons. The molecule has 0 aromatic rings. The number of carbonyl (C=O) groups is 1. The minimum Gasteiger partial charge on any atom is -0.377 e. The molecular formula is C8H12O2. The van der Waals surface area contributed by atoms with Gasteiger partial charge in [0.25, 0.3) is 0 Å². The van der Waals surface area contributed by atoms with Gasteiger partial charge in [0.05, 0.1) is 6.10 Å². The number of carbonyl (C=O) groups excluding carboxylic acids is 1. The van der Waals surface area contributed by atoms with Crippen molar-refractivity contribution in [2.24, 2.45) is 11.8 Å². The second kappa shape index (κ2) is 2.06. The van der Waals surface area contributed by atoms with E-state index in [0.29, 0.717) is 17.8 Å². The molecule has 3 unspecified atom stereocenters. The summed E-state index contributed by atoms with van der Waals surface area (Å²) in [7, 11) is 0. The van der Waals surface area contributed by atoms with Crippen LogP contribution in [0.4, 0.5) is 0 Å². The lowest BCUT2D eigenvalue weighted by Gasteiger charge is -2.36. The van der Waals surface area contributed by atoms with E-state index < -0.39 is 0 Å². The standard InChI is InChI=1S/C8H12O2/c1-5(9)7-4-6-2-3-10-8(6)7/h6-8H,2-4H2,1H3. The first-order valence-electron chi connectivity index (χ1n) is 3.91. The van der Waals surface area contributed by atoms with Crippen LogP contribution >= 0.6 is 0 Å². The molecular weight excluding hydrogens is 128 g/mol. The molecule has 0 radical (unpaired) electrons. The predicted octanol–water partition coefficient (Wildman–Crippen LogP) is 1.00. The number of hydrogen-bond donors (Lipinski definition) is 0. The van der Waals surface area contributed by atoms with E-state index in [0.717, 1.165) is 13.0 Å². The lowest BCUT2D eigenvalue weighted by Crippen LogP contribution is -2.42. The molecule has 0 bridgehead atoms. The molecule has 0 aromatic carbocycles. The SMILES string of the molecule is CC(=O)C1CC2CCOC21. The fraction of sp³-hybridized carbons (Fsp3) is 0.875. The number of rotatable bonds is 1.